The molecule has 1 aromatic carbocycles. The van der Waals surface area contributed by atoms with E-state index < -0.39 is 5.97 Å². The SMILES string of the molecule is COC(=O)c1cc(NC(=O)CSc2nc(C)cs2)ccc1Cl. The van der Waals surface area contributed by atoms with E-state index in [0.717, 1.165) is 10.0 Å². The van der Waals surface area contributed by atoms with Gasteiger partial charge in [-0.2, -0.15) is 0 Å². The van der Waals surface area contributed by atoms with Crippen LogP contribution in [0, 0.1) is 6.92 Å². The molecule has 0 radical (unpaired) electrons. The summed E-state index contributed by atoms with van der Waals surface area (Å²) in [5.41, 5.74) is 1.64. The minimum absolute atomic E-state index is 0.184. The maximum absolute atomic E-state index is 11.9. The second kappa shape index (κ2) is 7.62. The first-order chi connectivity index (χ1) is 10.5. The van der Waals surface area contributed by atoms with Gasteiger partial charge in [-0.25, -0.2) is 9.78 Å². The fraction of sp³-hybridized carbons (Fsp3) is 0.214. The average Bonchev–Trinajstić information content (AvgIpc) is 2.92. The summed E-state index contributed by atoms with van der Waals surface area (Å²) in [6.07, 6.45) is 0. The predicted octanol–water partition coefficient (Wildman–Crippen LogP) is 3.62. The molecule has 2 rings (SSSR count). The maximum Gasteiger partial charge on any atom is 0.339 e. The van der Waals surface area contributed by atoms with Gasteiger partial charge < -0.3 is 10.1 Å². The van der Waals surface area contributed by atoms with Gasteiger partial charge in [0.15, 0.2) is 4.34 Å². The highest BCUT2D eigenvalue weighted by Crippen LogP contribution is 2.24. The van der Waals surface area contributed by atoms with Gasteiger partial charge in [0.2, 0.25) is 5.91 Å². The van der Waals surface area contributed by atoms with Gasteiger partial charge in [0.1, 0.15) is 0 Å². The lowest BCUT2D eigenvalue weighted by atomic mass is 10.2. The number of esters is 1. The second-order valence-electron chi connectivity index (χ2n) is 4.28. The van der Waals surface area contributed by atoms with E-state index in [9.17, 15) is 9.59 Å². The number of thioether (sulfide) groups is 1. The molecule has 0 aliphatic rings. The van der Waals surface area contributed by atoms with Crippen LogP contribution < -0.4 is 5.32 Å². The van der Waals surface area contributed by atoms with Gasteiger partial charge >= 0.3 is 5.97 Å². The molecule has 2 aromatic rings. The Hall–Kier alpha value is -1.57. The van der Waals surface area contributed by atoms with E-state index in [1.54, 1.807) is 12.1 Å². The summed E-state index contributed by atoms with van der Waals surface area (Å²) in [7, 11) is 1.27. The standard InChI is InChI=1S/C14H13ClN2O3S2/c1-8-6-21-14(16-8)22-7-12(18)17-9-3-4-11(15)10(5-9)13(19)20-2/h3-6H,7H2,1-2H3,(H,17,18). The number of nitrogens with one attached hydrogen (secondary N) is 1. The molecule has 0 aliphatic heterocycles. The number of ether oxygens (including phenoxy) is 1. The van der Waals surface area contributed by atoms with Crippen molar-refractivity contribution in [1.82, 2.24) is 4.98 Å². The Morgan fingerprint density at radius 3 is 2.86 bits per heavy atom. The van der Waals surface area contributed by atoms with Crippen molar-refractivity contribution in [2.45, 2.75) is 11.3 Å². The molecule has 0 saturated heterocycles. The van der Waals surface area contributed by atoms with Crippen LogP contribution in [0.25, 0.3) is 0 Å². The predicted molar refractivity (Wildman–Crippen MR) is 89.0 cm³/mol. The van der Waals surface area contributed by atoms with Gasteiger partial charge in [-0.3, -0.25) is 4.79 Å². The molecule has 8 heteroatoms. The molecule has 5 nitrogen and oxygen atoms in total. The first-order valence-corrected chi connectivity index (χ1v) is 8.46. The number of hydrogen-bond acceptors (Lipinski definition) is 6. The Kier molecular flexibility index (Phi) is 5.82. The number of methoxy groups -OCH3 is 1. The summed E-state index contributed by atoms with van der Waals surface area (Å²) < 4.78 is 5.48. The third-order valence-electron chi connectivity index (χ3n) is 2.58. The topological polar surface area (TPSA) is 68.3 Å². The zero-order chi connectivity index (χ0) is 16.1. The van der Waals surface area contributed by atoms with E-state index in [1.807, 2.05) is 12.3 Å². The smallest absolute Gasteiger partial charge is 0.339 e. The van der Waals surface area contributed by atoms with Crippen molar-refractivity contribution < 1.29 is 14.3 Å². The Morgan fingerprint density at radius 2 is 2.23 bits per heavy atom. The molecule has 22 heavy (non-hydrogen) atoms. The van der Waals surface area contributed by atoms with Gasteiger partial charge in [-0.15, -0.1) is 11.3 Å². The highest BCUT2D eigenvalue weighted by molar-refractivity contribution is 8.01. The van der Waals surface area contributed by atoms with Gasteiger partial charge in [-0.1, -0.05) is 23.4 Å². The summed E-state index contributed by atoms with van der Waals surface area (Å²) in [4.78, 5) is 27.8. The van der Waals surface area contributed by atoms with Crippen LogP contribution >= 0.6 is 34.7 Å². The quantitative estimate of drug-likeness (QED) is 0.654. The Balaban J connectivity index is 1.98. The third kappa shape index (κ3) is 4.46. The van der Waals surface area contributed by atoms with Crippen molar-refractivity contribution >= 4 is 52.3 Å². The summed E-state index contributed by atoms with van der Waals surface area (Å²) in [6.45, 7) is 1.91. The number of thiazole rings is 1. The van der Waals surface area contributed by atoms with Crippen LogP contribution in [0.3, 0.4) is 0 Å². The summed E-state index contributed by atoms with van der Waals surface area (Å²) in [5.74, 6) is -0.493. The van der Waals surface area contributed by atoms with Crippen molar-refractivity contribution in [3.63, 3.8) is 0 Å². The van der Waals surface area contributed by atoms with E-state index in [4.69, 9.17) is 11.6 Å². The fourth-order valence-corrected chi connectivity index (χ4v) is 3.44. The van der Waals surface area contributed by atoms with Gasteiger partial charge in [0.25, 0.3) is 0 Å². The molecule has 0 saturated carbocycles. The summed E-state index contributed by atoms with van der Waals surface area (Å²) in [5, 5.41) is 4.92. The molecular weight excluding hydrogens is 344 g/mol. The Morgan fingerprint density at radius 1 is 1.45 bits per heavy atom. The largest absolute Gasteiger partial charge is 0.465 e. The average molecular weight is 357 g/mol. The Bertz CT molecular complexity index is 703. The fourth-order valence-electron chi connectivity index (χ4n) is 1.59. The molecule has 1 amide bonds. The van der Waals surface area contributed by atoms with Gasteiger partial charge in [0.05, 0.1) is 23.4 Å². The van der Waals surface area contributed by atoms with E-state index in [2.05, 4.69) is 15.0 Å². The molecule has 116 valence electrons. The van der Waals surface area contributed by atoms with Crippen LogP contribution in [0.15, 0.2) is 27.9 Å². The lowest BCUT2D eigenvalue weighted by Crippen LogP contribution is -2.14. The number of halogens is 1. The lowest BCUT2D eigenvalue weighted by molar-refractivity contribution is -0.113. The highest BCUT2D eigenvalue weighted by atomic mass is 35.5. The Labute approximate surface area is 141 Å². The number of carbonyl (C=O) groups is 2. The van der Waals surface area contributed by atoms with Crippen LogP contribution in [0.5, 0.6) is 0 Å². The maximum atomic E-state index is 11.9. The van der Waals surface area contributed by atoms with Crippen LogP contribution in [0.1, 0.15) is 16.1 Å². The lowest BCUT2D eigenvalue weighted by Gasteiger charge is -2.07. The van der Waals surface area contributed by atoms with E-state index in [0.29, 0.717) is 5.69 Å². The van der Waals surface area contributed by atoms with Gasteiger partial charge in [0, 0.05) is 16.8 Å². The molecule has 0 bridgehead atoms. The van der Waals surface area contributed by atoms with Crippen molar-refractivity contribution in [1.29, 1.82) is 0 Å². The van der Waals surface area contributed by atoms with E-state index in [-0.39, 0.29) is 22.2 Å². The minimum atomic E-state index is -0.547. The normalized spacial score (nSPS) is 10.3. The van der Waals surface area contributed by atoms with Crippen molar-refractivity contribution in [2.75, 3.05) is 18.2 Å². The van der Waals surface area contributed by atoms with Crippen molar-refractivity contribution in [2.24, 2.45) is 0 Å². The molecular formula is C14H13ClN2O3S2. The molecule has 1 N–H and O–H groups in total. The number of nitrogens with zero attached hydrogens (tertiary/aromatic N) is 1. The first-order valence-electron chi connectivity index (χ1n) is 6.22. The van der Waals surface area contributed by atoms with E-state index >= 15 is 0 Å². The van der Waals surface area contributed by atoms with Crippen LogP contribution in [-0.4, -0.2) is 29.7 Å². The molecule has 1 heterocycles. The number of aryl methyl sites for hydroxylation is 1. The van der Waals surface area contributed by atoms with Crippen molar-refractivity contribution in [3.05, 3.63) is 39.9 Å². The number of carbonyl (C=O) groups excluding carboxylic acids is 2. The third-order valence-corrected chi connectivity index (χ3v) is 5.05. The monoisotopic (exact) mass is 356 g/mol. The zero-order valence-corrected chi connectivity index (χ0v) is 14.3. The molecule has 0 aliphatic carbocycles. The number of amides is 1. The van der Waals surface area contributed by atoms with Crippen LogP contribution in [0.4, 0.5) is 5.69 Å². The van der Waals surface area contributed by atoms with Crippen LogP contribution in [-0.2, 0) is 9.53 Å². The molecule has 0 atom stereocenters. The number of benzene rings is 1. The van der Waals surface area contributed by atoms with Gasteiger partial charge in [-0.05, 0) is 25.1 Å². The summed E-state index contributed by atoms with van der Waals surface area (Å²) in [6, 6.07) is 4.66. The number of hydrogen-bond donors (Lipinski definition) is 1. The molecule has 1 aromatic heterocycles. The van der Waals surface area contributed by atoms with Crippen LogP contribution in [0.2, 0.25) is 5.02 Å². The number of rotatable bonds is 5. The van der Waals surface area contributed by atoms with Crippen molar-refractivity contribution in [3.8, 4) is 0 Å². The first kappa shape index (κ1) is 16.8. The minimum Gasteiger partial charge on any atom is -0.465 e. The zero-order valence-electron chi connectivity index (χ0n) is 11.9. The van der Waals surface area contributed by atoms with E-state index in [1.165, 1.54) is 36.3 Å². The highest BCUT2D eigenvalue weighted by Gasteiger charge is 2.13. The number of anilines is 1. The molecule has 0 unspecified atom stereocenters. The molecule has 0 fully saturated rings. The second-order valence-corrected chi connectivity index (χ2v) is 6.77. The molecule has 0 spiro atoms. The number of aromatic nitrogens is 1. The summed E-state index contributed by atoms with van der Waals surface area (Å²) >= 11 is 8.79.